The van der Waals surface area contributed by atoms with Crippen LogP contribution in [0.5, 0.6) is 0 Å². The molecule has 1 aromatic carbocycles. The van der Waals surface area contributed by atoms with Crippen molar-refractivity contribution < 1.29 is 4.74 Å². The van der Waals surface area contributed by atoms with Gasteiger partial charge in [-0.25, -0.2) is 0 Å². The Bertz CT molecular complexity index is 359. The van der Waals surface area contributed by atoms with E-state index in [0.717, 1.165) is 13.2 Å². The third-order valence-electron chi connectivity index (χ3n) is 4.45. The van der Waals surface area contributed by atoms with Crippen molar-refractivity contribution in [3.63, 3.8) is 0 Å². The van der Waals surface area contributed by atoms with Crippen LogP contribution in [0.4, 0.5) is 0 Å². The van der Waals surface area contributed by atoms with Crippen molar-refractivity contribution >= 4 is 0 Å². The minimum atomic E-state index is 0.172. The van der Waals surface area contributed by atoms with E-state index in [1.165, 1.54) is 18.4 Å². The minimum absolute atomic E-state index is 0.172. The summed E-state index contributed by atoms with van der Waals surface area (Å²) in [7, 11) is 0. The quantitative estimate of drug-likeness (QED) is 0.882. The van der Waals surface area contributed by atoms with E-state index in [1.54, 1.807) is 0 Å². The topological polar surface area (TPSA) is 21.3 Å². The first-order chi connectivity index (χ1) is 8.71. The number of nitrogens with one attached hydrogen (secondary N) is 1. The van der Waals surface area contributed by atoms with Gasteiger partial charge in [-0.2, -0.15) is 0 Å². The zero-order valence-corrected chi connectivity index (χ0v) is 11.8. The van der Waals surface area contributed by atoms with Gasteiger partial charge in [-0.05, 0) is 25.3 Å². The Morgan fingerprint density at radius 1 is 1.22 bits per heavy atom. The maximum absolute atomic E-state index is 6.24. The number of ether oxygens (including phenoxy) is 1. The molecule has 0 amide bonds. The molecule has 1 fully saturated rings. The second-order valence-corrected chi connectivity index (χ2v) is 5.52. The average molecular weight is 247 g/mol. The molecular formula is C16H25NO. The summed E-state index contributed by atoms with van der Waals surface area (Å²) in [6.07, 6.45) is 2.52. The predicted octanol–water partition coefficient (Wildman–Crippen LogP) is 3.54. The Kier molecular flexibility index (Phi) is 4.41. The molecule has 0 radical (unpaired) electrons. The molecule has 1 heterocycles. The lowest BCUT2D eigenvalue weighted by molar-refractivity contribution is -0.000540. The van der Waals surface area contributed by atoms with Gasteiger partial charge in [0, 0.05) is 18.0 Å². The molecule has 0 spiro atoms. The van der Waals surface area contributed by atoms with Crippen LogP contribution in [0.1, 0.15) is 45.3 Å². The van der Waals surface area contributed by atoms with Crippen molar-refractivity contribution in [1.82, 2.24) is 5.32 Å². The lowest BCUT2D eigenvalue weighted by atomic mass is 9.83. The van der Waals surface area contributed by atoms with Crippen LogP contribution in [0.25, 0.3) is 0 Å². The van der Waals surface area contributed by atoms with Gasteiger partial charge in [0.1, 0.15) is 0 Å². The van der Waals surface area contributed by atoms with Crippen molar-refractivity contribution in [2.24, 2.45) is 5.41 Å². The van der Waals surface area contributed by atoms with Crippen LogP contribution < -0.4 is 5.32 Å². The summed E-state index contributed by atoms with van der Waals surface area (Å²) in [6.45, 7) is 8.67. The standard InChI is InChI=1S/C16H25NO/c1-4-16(5-2)11-17-13(3)15(18-12-16)14-9-7-6-8-10-14/h6-10,13,15,17H,4-5,11-12H2,1-3H3. The van der Waals surface area contributed by atoms with Crippen LogP contribution in [0, 0.1) is 5.41 Å². The van der Waals surface area contributed by atoms with Gasteiger partial charge in [-0.3, -0.25) is 0 Å². The van der Waals surface area contributed by atoms with Crippen molar-refractivity contribution in [2.75, 3.05) is 13.2 Å². The molecule has 2 unspecified atom stereocenters. The fourth-order valence-electron chi connectivity index (χ4n) is 2.68. The average Bonchev–Trinajstić information content (AvgIpc) is 2.60. The second-order valence-electron chi connectivity index (χ2n) is 5.52. The Balaban J connectivity index is 2.15. The highest BCUT2D eigenvalue weighted by Crippen LogP contribution is 2.33. The van der Waals surface area contributed by atoms with E-state index >= 15 is 0 Å². The van der Waals surface area contributed by atoms with Crippen LogP contribution in [0.2, 0.25) is 0 Å². The summed E-state index contributed by atoms with van der Waals surface area (Å²) >= 11 is 0. The third-order valence-corrected chi connectivity index (χ3v) is 4.45. The molecule has 1 aliphatic heterocycles. The summed E-state index contributed by atoms with van der Waals surface area (Å²) in [5, 5.41) is 3.66. The molecule has 1 aromatic rings. The van der Waals surface area contributed by atoms with Crippen molar-refractivity contribution in [2.45, 2.75) is 45.8 Å². The van der Waals surface area contributed by atoms with Gasteiger partial charge in [0.25, 0.3) is 0 Å². The number of benzene rings is 1. The summed E-state index contributed by atoms with van der Waals surface area (Å²) < 4.78 is 6.24. The fraction of sp³-hybridized carbons (Fsp3) is 0.625. The molecule has 1 N–H and O–H groups in total. The van der Waals surface area contributed by atoms with E-state index < -0.39 is 0 Å². The van der Waals surface area contributed by atoms with Gasteiger partial charge >= 0.3 is 0 Å². The van der Waals surface area contributed by atoms with E-state index in [1.807, 2.05) is 0 Å². The van der Waals surface area contributed by atoms with Crippen molar-refractivity contribution in [3.05, 3.63) is 35.9 Å². The monoisotopic (exact) mass is 247 g/mol. The normalized spacial score (nSPS) is 27.7. The molecule has 18 heavy (non-hydrogen) atoms. The second kappa shape index (κ2) is 5.85. The molecule has 0 saturated carbocycles. The van der Waals surface area contributed by atoms with Crippen LogP contribution in [-0.4, -0.2) is 19.2 Å². The summed E-state index contributed by atoms with van der Waals surface area (Å²) in [5.74, 6) is 0. The molecule has 2 nitrogen and oxygen atoms in total. The number of hydrogen-bond acceptors (Lipinski definition) is 2. The Morgan fingerprint density at radius 3 is 2.50 bits per heavy atom. The highest BCUT2D eigenvalue weighted by molar-refractivity contribution is 5.19. The van der Waals surface area contributed by atoms with E-state index in [0.29, 0.717) is 11.5 Å². The first kappa shape index (κ1) is 13.6. The molecule has 0 bridgehead atoms. The van der Waals surface area contributed by atoms with Crippen LogP contribution >= 0.6 is 0 Å². The van der Waals surface area contributed by atoms with E-state index in [-0.39, 0.29) is 6.10 Å². The van der Waals surface area contributed by atoms with Crippen LogP contribution in [-0.2, 0) is 4.74 Å². The highest BCUT2D eigenvalue weighted by atomic mass is 16.5. The lowest BCUT2D eigenvalue weighted by Crippen LogP contribution is -2.37. The first-order valence-corrected chi connectivity index (χ1v) is 7.11. The molecule has 0 aromatic heterocycles. The van der Waals surface area contributed by atoms with Crippen LogP contribution in [0.3, 0.4) is 0 Å². The number of hydrogen-bond donors (Lipinski definition) is 1. The molecule has 100 valence electrons. The van der Waals surface area contributed by atoms with Gasteiger partial charge in [0.05, 0.1) is 12.7 Å². The maximum atomic E-state index is 6.24. The Hall–Kier alpha value is -0.860. The zero-order chi connectivity index (χ0) is 13.0. The van der Waals surface area contributed by atoms with E-state index in [4.69, 9.17) is 4.74 Å². The van der Waals surface area contributed by atoms with Crippen molar-refractivity contribution in [1.29, 1.82) is 0 Å². The minimum Gasteiger partial charge on any atom is -0.371 e. The molecule has 2 atom stereocenters. The van der Waals surface area contributed by atoms with E-state index in [9.17, 15) is 0 Å². The predicted molar refractivity (Wildman–Crippen MR) is 75.6 cm³/mol. The SMILES string of the molecule is CCC1(CC)CNC(C)C(c2ccccc2)OC1. The van der Waals surface area contributed by atoms with E-state index in [2.05, 4.69) is 56.4 Å². The zero-order valence-electron chi connectivity index (χ0n) is 11.8. The first-order valence-electron chi connectivity index (χ1n) is 7.11. The van der Waals surface area contributed by atoms with Gasteiger partial charge in [-0.1, -0.05) is 44.2 Å². The van der Waals surface area contributed by atoms with Gasteiger partial charge < -0.3 is 10.1 Å². The van der Waals surface area contributed by atoms with Gasteiger partial charge in [0.2, 0.25) is 0 Å². The Morgan fingerprint density at radius 2 is 1.89 bits per heavy atom. The maximum Gasteiger partial charge on any atom is 0.0975 e. The fourth-order valence-corrected chi connectivity index (χ4v) is 2.68. The van der Waals surface area contributed by atoms with Crippen molar-refractivity contribution in [3.8, 4) is 0 Å². The summed E-state index contributed by atoms with van der Waals surface area (Å²) in [6, 6.07) is 10.9. The highest BCUT2D eigenvalue weighted by Gasteiger charge is 2.34. The van der Waals surface area contributed by atoms with Gasteiger partial charge in [-0.15, -0.1) is 0 Å². The Labute approximate surface area is 111 Å². The summed E-state index contributed by atoms with van der Waals surface area (Å²) in [5.41, 5.74) is 1.58. The molecule has 0 aliphatic carbocycles. The molecule has 1 aliphatic rings. The lowest BCUT2D eigenvalue weighted by Gasteiger charge is -2.29. The largest absolute Gasteiger partial charge is 0.371 e. The molecule has 2 rings (SSSR count). The number of rotatable bonds is 3. The van der Waals surface area contributed by atoms with Crippen LogP contribution in [0.15, 0.2) is 30.3 Å². The molecule has 1 saturated heterocycles. The molecule has 2 heteroatoms. The molecular weight excluding hydrogens is 222 g/mol. The summed E-state index contributed by atoms with van der Waals surface area (Å²) in [4.78, 5) is 0. The third kappa shape index (κ3) is 2.76. The van der Waals surface area contributed by atoms with Gasteiger partial charge in [0.15, 0.2) is 0 Å². The smallest absolute Gasteiger partial charge is 0.0975 e.